The molecule has 2 aromatic heterocycles. The number of esters is 1. The Labute approximate surface area is 214 Å². The lowest BCUT2D eigenvalue weighted by Crippen LogP contribution is -2.16. The molecule has 1 aliphatic carbocycles. The fourth-order valence-corrected chi connectivity index (χ4v) is 6.18. The number of hydrogen-bond acceptors (Lipinski definition) is 6. The van der Waals surface area contributed by atoms with Crippen LogP contribution in [-0.4, -0.2) is 30.6 Å². The average Bonchev–Trinajstić information content (AvgIpc) is 3.24. The zero-order valence-corrected chi connectivity index (χ0v) is 21.4. The van der Waals surface area contributed by atoms with Crippen LogP contribution in [0.25, 0.3) is 22.2 Å². The molecule has 0 bridgehead atoms. The number of nitrogens with zero attached hydrogens (tertiary/aromatic N) is 1. The summed E-state index contributed by atoms with van der Waals surface area (Å²) in [5.41, 5.74) is 4.14. The summed E-state index contributed by atoms with van der Waals surface area (Å²) in [5, 5.41) is 4.33. The number of ether oxygens (including phenoxy) is 2. The number of benzene rings is 2. The number of hydrogen-bond donors (Lipinski definition) is 1. The molecule has 1 N–H and O–H groups in total. The number of nitrogens with one attached hydrogen (secondary N) is 1. The minimum absolute atomic E-state index is 0.291. The third-order valence-electron chi connectivity index (χ3n) is 6.55. The molecule has 0 unspecified atom stereocenters. The number of anilines is 1. The van der Waals surface area contributed by atoms with E-state index in [0.29, 0.717) is 45.6 Å². The van der Waals surface area contributed by atoms with Crippen LogP contribution in [0, 0.1) is 5.92 Å². The Bertz CT molecular complexity index is 1460. The molecule has 2 aromatic carbocycles. The quantitative estimate of drug-likeness (QED) is 0.305. The molecule has 0 saturated carbocycles. The predicted octanol–water partition coefficient (Wildman–Crippen LogP) is 6.53. The van der Waals surface area contributed by atoms with Gasteiger partial charge in [0.05, 0.1) is 36.1 Å². The molecule has 1 atom stereocenters. The van der Waals surface area contributed by atoms with E-state index >= 15 is 0 Å². The number of aromatic nitrogens is 1. The maximum Gasteiger partial charge on any atom is 0.341 e. The first-order valence-electron chi connectivity index (χ1n) is 12.2. The first-order valence-corrected chi connectivity index (χ1v) is 13.0. The van der Waals surface area contributed by atoms with Gasteiger partial charge in [-0.25, -0.2) is 9.78 Å². The van der Waals surface area contributed by atoms with Crippen molar-refractivity contribution in [1.29, 1.82) is 0 Å². The number of rotatable bonds is 6. The molecule has 1 aliphatic rings. The lowest BCUT2D eigenvalue weighted by Gasteiger charge is -2.18. The zero-order valence-electron chi connectivity index (χ0n) is 20.6. The van der Waals surface area contributed by atoms with E-state index in [-0.39, 0.29) is 5.91 Å². The number of pyridine rings is 1. The SMILES string of the molecule is CCOc1ccccc1-c1cc(C(=O)Nc2sc3c(c2C(=O)OC)CC[C@@H](C)C3)c2ccccc2n1. The molecule has 0 radical (unpaired) electrons. The molecular formula is C29H28N2O4S. The van der Waals surface area contributed by atoms with Crippen molar-refractivity contribution in [1.82, 2.24) is 4.98 Å². The normalized spacial score (nSPS) is 14.8. The van der Waals surface area contributed by atoms with Crippen molar-refractivity contribution in [2.24, 2.45) is 5.92 Å². The van der Waals surface area contributed by atoms with E-state index in [4.69, 9.17) is 14.5 Å². The van der Waals surface area contributed by atoms with Gasteiger partial charge in [-0.3, -0.25) is 4.79 Å². The molecule has 4 aromatic rings. The minimum Gasteiger partial charge on any atom is -0.493 e. The number of para-hydroxylation sites is 2. The monoisotopic (exact) mass is 500 g/mol. The molecule has 0 spiro atoms. The molecule has 184 valence electrons. The second-order valence-corrected chi connectivity index (χ2v) is 10.1. The van der Waals surface area contributed by atoms with Gasteiger partial charge in [0.25, 0.3) is 5.91 Å². The van der Waals surface area contributed by atoms with Crippen molar-refractivity contribution in [2.75, 3.05) is 19.0 Å². The number of amides is 1. The van der Waals surface area contributed by atoms with E-state index in [1.54, 1.807) is 6.07 Å². The van der Waals surface area contributed by atoms with Crippen molar-refractivity contribution in [3.63, 3.8) is 0 Å². The predicted molar refractivity (Wildman–Crippen MR) is 143 cm³/mol. The molecule has 7 heteroatoms. The Balaban J connectivity index is 1.59. The van der Waals surface area contributed by atoms with Gasteiger partial charge in [0.15, 0.2) is 0 Å². The molecule has 0 fully saturated rings. The van der Waals surface area contributed by atoms with Crippen LogP contribution < -0.4 is 10.1 Å². The summed E-state index contributed by atoms with van der Waals surface area (Å²) in [4.78, 5) is 32.4. The lowest BCUT2D eigenvalue weighted by molar-refractivity contribution is 0.0601. The smallest absolute Gasteiger partial charge is 0.341 e. The summed E-state index contributed by atoms with van der Waals surface area (Å²) in [6.07, 6.45) is 2.72. The summed E-state index contributed by atoms with van der Waals surface area (Å²) < 4.78 is 10.9. The summed E-state index contributed by atoms with van der Waals surface area (Å²) in [6, 6.07) is 17.0. The summed E-state index contributed by atoms with van der Waals surface area (Å²) >= 11 is 1.48. The highest BCUT2D eigenvalue weighted by atomic mass is 32.1. The maximum atomic E-state index is 13.7. The van der Waals surface area contributed by atoms with Gasteiger partial charge in [0, 0.05) is 15.8 Å². The first kappa shape index (κ1) is 24.0. The molecule has 36 heavy (non-hydrogen) atoms. The molecule has 5 rings (SSSR count). The highest BCUT2D eigenvalue weighted by Gasteiger charge is 2.29. The zero-order chi connectivity index (χ0) is 25.2. The Morgan fingerprint density at radius 1 is 1.14 bits per heavy atom. The van der Waals surface area contributed by atoms with Crippen molar-refractivity contribution >= 4 is 39.1 Å². The van der Waals surface area contributed by atoms with Gasteiger partial charge < -0.3 is 14.8 Å². The van der Waals surface area contributed by atoms with E-state index < -0.39 is 5.97 Å². The Morgan fingerprint density at radius 3 is 2.72 bits per heavy atom. The summed E-state index contributed by atoms with van der Waals surface area (Å²) in [5.74, 6) is 0.549. The van der Waals surface area contributed by atoms with Gasteiger partial charge in [-0.1, -0.05) is 37.3 Å². The molecule has 2 heterocycles. The van der Waals surface area contributed by atoms with Crippen molar-refractivity contribution in [2.45, 2.75) is 33.1 Å². The van der Waals surface area contributed by atoms with Gasteiger partial charge in [-0.2, -0.15) is 0 Å². The minimum atomic E-state index is -0.414. The molecule has 0 saturated heterocycles. The third-order valence-corrected chi connectivity index (χ3v) is 7.72. The lowest BCUT2D eigenvalue weighted by atomic mass is 9.88. The number of fused-ring (bicyclic) bond motifs is 2. The first-order chi connectivity index (χ1) is 17.5. The van der Waals surface area contributed by atoms with E-state index in [0.717, 1.165) is 40.7 Å². The van der Waals surface area contributed by atoms with Crippen molar-refractivity contribution in [3.05, 3.63) is 76.2 Å². The van der Waals surface area contributed by atoms with E-state index in [2.05, 4.69) is 12.2 Å². The van der Waals surface area contributed by atoms with Crippen LogP contribution in [0.5, 0.6) is 5.75 Å². The summed E-state index contributed by atoms with van der Waals surface area (Å²) in [7, 11) is 1.38. The Hall–Kier alpha value is -3.71. The number of carbonyl (C=O) groups is 2. The second-order valence-electron chi connectivity index (χ2n) is 9.00. The number of carbonyl (C=O) groups excluding carboxylic acids is 2. The van der Waals surface area contributed by atoms with Crippen LogP contribution in [0.4, 0.5) is 5.00 Å². The largest absolute Gasteiger partial charge is 0.493 e. The van der Waals surface area contributed by atoms with Gasteiger partial charge >= 0.3 is 5.97 Å². The second kappa shape index (κ2) is 10.1. The van der Waals surface area contributed by atoms with Crippen molar-refractivity contribution in [3.8, 4) is 17.0 Å². The fourth-order valence-electron chi connectivity index (χ4n) is 4.79. The van der Waals surface area contributed by atoms with Crippen LogP contribution in [0.15, 0.2) is 54.6 Å². The van der Waals surface area contributed by atoms with Crippen LogP contribution in [0.1, 0.15) is 51.4 Å². The topological polar surface area (TPSA) is 77.5 Å². The molecular weight excluding hydrogens is 472 g/mol. The molecule has 6 nitrogen and oxygen atoms in total. The number of methoxy groups -OCH3 is 1. The van der Waals surface area contributed by atoms with E-state index in [1.807, 2.05) is 55.5 Å². The Morgan fingerprint density at radius 2 is 1.92 bits per heavy atom. The van der Waals surface area contributed by atoms with Gasteiger partial charge in [0.1, 0.15) is 10.8 Å². The standard InChI is InChI=1S/C29H28N2O4S/c1-4-35-24-12-8-6-10-19(24)23-16-21(18-9-5-7-11-22(18)30-23)27(32)31-28-26(29(33)34-3)20-14-13-17(2)15-25(20)36-28/h5-12,16-17H,4,13-15H2,1-3H3,(H,31,32)/t17-/m1/s1. The van der Waals surface area contributed by atoms with Gasteiger partial charge in [0.2, 0.25) is 0 Å². The third kappa shape index (κ3) is 4.46. The summed E-state index contributed by atoms with van der Waals surface area (Å²) in [6.45, 7) is 4.67. The van der Waals surface area contributed by atoms with E-state index in [9.17, 15) is 9.59 Å². The molecule has 0 aliphatic heterocycles. The highest BCUT2D eigenvalue weighted by Crippen LogP contribution is 2.40. The van der Waals surface area contributed by atoms with Crippen LogP contribution >= 0.6 is 11.3 Å². The highest BCUT2D eigenvalue weighted by molar-refractivity contribution is 7.17. The van der Waals surface area contributed by atoms with Gasteiger partial charge in [-0.05, 0) is 61.9 Å². The fraction of sp³-hybridized carbons (Fsp3) is 0.276. The number of thiophene rings is 1. The van der Waals surface area contributed by atoms with Crippen molar-refractivity contribution < 1.29 is 19.1 Å². The average molecular weight is 501 g/mol. The maximum absolute atomic E-state index is 13.7. The van der Waals surface area contributed by atoms with Gasteiger partial charge in [-0.15, -0.1) is 11.3 Å². The van der Waals surface area contributed by atoms with Crippen LogP contribution in [0.3, 0.4) is 0 Å². The Kier molecular flexibility index (Phi) is 6.74. The van der Waals surface area contributed by atoms with Crippen LogP contribution in [-0.2, 0) is 17.6 Å². The van der Waals surface area contributed by atoms with Crippen LogP contribution in [0.2, 0.25) is 0 Å². The molecule has 1 amide bonds. The van der Waals surface area contributed by atoms with E-state index in [1.165, 1.54) is 18.4 Å².